The van der Waals surface area contributed by atoms with E-state index in [-0.39, 0.29) is 12.5 Å². The van der Waals surface area contributed by atoms with Gasteiger partial charge in [-0.15, -0.1) is 0 Å². The summed E-state index contributed by atoms with van der Waals surface area (Å²) in [6.45, 7) is 4.81. The number of rotatable bonds is 5. The Labute approximate surface area is 117 Å². The molecule has 2 saturated heterocycles. The van der Waals surface area contributed by atoms with Crippen molar-refractivity contribution < 1.29 is 9.53 Å². The fraction of sp³-hybridized carbons (Fsp3) is 0.933. The molecule has 4 heteroatoms. The number of amides is 1. The van der Waals surface area contributed by atoms with Crippen molar-refractivity contribution in [2.24, 2.45) is 0 Å². The zero-order valence-electron chi connectivity index (χ0n) is 12.3. The summed E-state index contributed by atoms with van der Waals surface area (Å²) in [5.41, 5.74) is 0. The molecule has 2 aliphatic heterocycles. The van der Waals surface area contributed by atoms with E-state index in [1.165, 1.54) is 45.2 Å². The van der Waals surface area contributed by atoms with Crippen LogP contribution in [0.15, 0.2) is 0 Å². The summed E-state index contributed by atoms with van der Waals surface area (Å²) >= 11 is 0. The molecule has 2 heterocycles. The van der Waals surface area contributed by atoms with Gasteiger partial charge in [0.1, 0.15) is 6.61 Å². The molecule has 2 aliphatic rings. The van der Waals surface area contributed by atoms with Crippen molar-refractivity contribution in [3.05, 3.63) is 0 Å². The third-order valence-corrected chi connectivity index (χ3v) is 4.44. The average Bonchev–Trinajstić information content (AvgIpc) is 2.47. The molecule has 0 aromatic carbocycles. The van der Waals surface area contributed by atoms with Crippen LogP contribution in [0.25, 0.3) is 0 Å². The first kappa shape index (κ1) is 14.8. The average molecular weight is 268 g/mol. The normalized spacial score (nSPS) is 25.5. The van der Waals surface area contributed by atoms with Crippen LogP contribution in [0.5, 0.6) is 0 Å². The molecule has 0 bridgehead atoms. The lowest BCUT2D eigenvalue weighted by Crippen LogP contribution is -2.46. The van der Waals surface area contributed by atoms with E-state index >= 15 is 0 Å². The minimum absolute atomic E-state index is 0.172. The van der Waals surface area contributed by atoms with E-state index in [4.69, 9.17) is 4.74 Å². The van der Waals surface area contributed by atoms with Gasteiger partial charge in [0.2, 0.25) is 5.91 Å². The van der Waals surface area contributed by atoms with Crippen LogP contribution < -0.4 is 0 Å². The third kappa shape index (κ3) is 4.46. The molecule has 0 saturated carbocycles. The third-order valence-electron chi connectivity index (χ3n) is 4.44. The van der Waals surface area contributed by atoms with Gasteiger partial charge in [-0.1, -0.05) is 6.42 Å². The maximum Gasteiger partial charge on any atom is 0.248 e. The van der Waals surface area contributed by atoms with E-state index in [2.05, 4.69) is 9.80 Å². The van der Waals surface area contributed by atoms with E-state index in [0.29, 0.717) is 6.04 Å². The van der Waals surface area contributed by atoms with Gasteiger partial charge in [-0.2, -0.15) is 0 Å². The lowest BCUT2D eigenvalue weighted by molar-refractivity contribution is -0.139. The van der Waals surface area contributed by atoms with E-state index in [1.54, 1.807) is 7.11 Å². The molecule has 0 aromatic rings. The molecule has 1 unspecified atom stereocenters. The molecule has 0 aromatic heterocycles. The predicted octanol–water partition coefficient (Wildman–Crippen LogP) is 1.89. The smallest absolute Gasteiger partial charge is 0.248 e. The van der Waals surface area contributed by atoms with E-state index in [9.17, 15) is 4.79 Å². The fourth-order valence-electron chi connectivity index (χ4n) is 3.35. The standard InChI is InChI=1S/C15H28N2O2/c1-19-13-15(18)17-11-6-3-7-14(17)8-12-16-9-4-2-5-10-16/h14H,2-13H2,1H3. The van der Waals surface area contributed by atoms with Crippen LogP contribution in [0, 0.1) is 0 Å². The fourth-order valence-corrected chi connectivity index (χ4v) is 3.35. The Hall–Kier alpha value is -0.610. The lowest BCUT2D eigenvalue weighted by Gasteiger charge is -2.37. The first-order valence-corrected chi connectivity index (χ1v) is 7.82. The molecular weight excluding hydrogens is 240 g/mol. The van der Waals surface area contributed by atoms with Gasteiger partial charge in [0, 0.05) is 26.2 Å². The lowest BCUT2D eigenvalue weighted by atomic mass is 9.98. The van der Waals surface area contributed by atoms with Gasteiger partial charge in [-0.25, -0.2) is 0 Å². The van der Waals surface area contributed by atoms with E-state index < -0.39 is 0 Å². The molecule has 1 amide bonds. The van der Waals surface area contributed by atoms with Gasteiger partial charge >= 0.3 is 0 Å². The van der Waals surface area contributed by atoms with Crippen molar-refractivity contribution in [2.45, 2.75) is 51.0 Å². The van der Waals surface area contributed by atoms with Crippen molar-refractivity contribution in [1.82, 2.24) is 9.80 Å². The van der Waals surface area contributed by atoms with Crippen molar-refractivity contribution in [2.75, 3.05) is 39.9 Å². The summed E-state index contributed by atoms with van der Waals surface area (Å²) in [5, 5.41) is 0. The highest BCUT2D eigenvalue weighted by Crippen LogP contribution is 2.21. The van der Waals surface area contributed by atoms with Crippen LogP contribution in [0.1, 0.15) is 44.9 Å². The summed E-state index contributed by atoms with van der Waals surface area (Å²) in [5.74, 6) is 0.172. The van der Waals surface area contributed by atoms with Gasteiger partial charge in [0.15, 0.2) is 0 Å². The quantitative estimate of drug-likeness (QED) is 0.763. The zero-order chi connectivity index (χ0) is 13.5. The van der Waals surface area contributed by atoms with Crippen LogP contribution in [0.4, 0.5) is 0 Å². The Morgan fingerprint density at radius 3 is 2.58 bits per heavy atom. The highest BCUT2D eigenvalue weighted by molar-refractivity contribution is 5.77. The van der Waals surface area contributed by atoms with Crippen LogP contribution in [-0.2, 0) is 9.53 Å². The van der Waals surface area contributed by atoms with Gasteiger partial charge < -0.3 is 14.5 Å². The number of piperidine rings is 2. The Bertz CT molecular complexity index is 277. The van der Waals surface area contributed by atoms with Gasteiger partial charge in [-0.05, 0) is 51.6 Å². The number of likely N-dealkylation sites (tertiary alicyclic amines) is 2. The number of hydrogen-bond acceptors (Lipinski definition) is 3. The second-order valence-corrected chi connectivity index (χ2v) is 5.86. The SMILES string of the molecule is COCC(=O)N1CCCCC1CCN1CCCCC1. The number of methoxy groups -OCH3 is 1. The van der Waals surface area contributed by atoms with Crippen LogP contribution in [0.2, 0.25) is 0 Å². The predicted molar refractivity (Wildman–Crippen MR) is 76.1 cm³/mol. The van der Waals surface area contributed by atoms with Gasteiger partial charge in [-0.3, -0.25) is 4.79 Å². The Morgan fingerprint density at radius 1 is 1.11 bits per heavy atom. The van der Waals surface area contributed by atoms with Gasteiger partial charge in [0.05, 0.1) is 0 Å². The largest absolute Gasteiger partial charge is 0.375 e. The van der Waals surface area contributed by atoms with Crippen LogP contribution in [-0.4, -0.2) is 61.6 Å². The Kier molecular flexibility index (Phi) is 6.11. The minimum Gasteiger partial charge on any atom is -0.375 e. The molecule has 2 rings (SSSR count). The molecular formula is C15H28N2O2. The highest BCUT2D eigenvalue weighted by Gasteiger charge is 2.26. The topological polar surface area (TPSA) is 32.8 Å². The Balaban J connectivity index is 1.79. The summed E-state index contributed by atoms with van der Waals surface area (Å²) in [6, 6.07) is 0.443. The molecule has 0 spiro atoms. The highest BCUT2D eigenvalue weighted by atomic mass is 16.5. The molecule has 2 fully saturated rings. The maximum atomic E-state index is 12.0. The second kappa shape index (κ2) is 7.85. The number of hydrogen-bond donors (Lipinski definition) is 0. The number of nitrogens with zero attached hydrogens (tertiary/aromatic N) is 2. The second-order valence-electron chi connectivity index (χ2n) is 5.86. The van der Waals surface area contributed by atoms with E-state index in [0.717, 1.165) is 25.9 Å². The summed E-state index contributed by atoms with van der Waals surface area (Å²) in [7, 11) is 1.60. The van der Waals surface area contributed by atoms with Crippen molar-refractivity contribution >= 4 is 5.91 Å². The summed E-state index contributed by atoms with van der Waals surface area (Å²) in [6.07, 6.45) is 8.79. The van der Waals surface area contributed by atoms with Crippen LogP contribution >= 0.6 is 0 Å². The molecule has 1 atom stereocenters. The van der Waals surface area contributed by atoms with Crippen molar-refractivity contribution in [1.29, 1.82) is 0 Å². The van der Waals surface area contributed by atoms with Crippen LogP contribution in [0.3, 0.4) is 0 Å². The molecule has 4 nitrogen and oxygen atoms in total. The first-order chi connectivity index (χ1) is 9.31. The summed E-state index contributed by atoms with van der Waals surface area (Å²) in [4.78, 5) is 16.7. The van der Waals surface area contributed by atoms with E-state index in [1.807, 2.05) is 0 Å². The maximum absolute atomic E-state index is 12.0. The molecule has 110 valence electrons. The van der Waals surface area contributed by atoms with Crippen molar-refractivity contribution in [3.8, 4) is 0 Å². The number of carbonyl (C=O) groups excluding carboxylic acids is 1. The Morgan fingerprint density at radius 2 is 1.84 bits per heavy atom. The molecule has 0 N–H and O–H groups in total. The monoisotopic (exact) mass is 268 g/mol. The first-order valence-electron chi connectivity index (χ1n) is 7.82. The minimum atomic E-state index is 0.172. The van der Waals surface area contributed by atoms with Gasteiger partial charge in [0.25, 0.3) is 0 Å². The number of carbonyl (C=O) groups is 1. The molecule has 0 aliphatic carbocycles. The molecule has 19 heavy (non-hydrogen) atoms. The molecule has 0 radical (unpaired) electrons. The zero-order valence-corrected chi connectivity index (χ0v) is 12.3. The number of ether oxygens (including phenoxy) is 1. The van der Waals surface area contributed by atoms with Crippen molar-refractivity contribution in [3.63, 3.8) is 0 Å². The summed E-state index contributed by atoms with van der Waals surface area (Å²) < 4.78 is 5.00.